The van der Waals surface area contributed by atoms with Crippen molar-refractivity contribution in [3.8, 4) is 0 Å². The Hall–Kier alpha value is -1.50. The number of rotatable bonds is 4. The fourth-order valence-electron chi connectivity index (χ4n) is 1.33. The highest BCUT2D eigenvalue weighted by atomic mass is 19.4. The van der Waals surface area contributed by atoms with Gasteiger partial charge in [0, 0.05) is 0 Å². The fraction of sp³-hybridized carbons (Fsp3) is 0.500. The second kappa shape index (κ2) is 5.22. The number of alkyl halides is 3. The summed E-state index contributed by atoms with van der Waals surface area (Å²) in [4.78, 5) is 11.1. The molecular formula is C10H12F3NO3. The Balaban J connectivity index is 2.83. The summed E-state index contributed by atoms with van der Waals surface area (Å²) in [5.41, 5.74) is 0. The number of ether oxygens (including phenoxy) is 1. The quantitative estimate of drug-likeness (QED) is 0.834. The molecule has 1 atom stereocenters. The lowest BCUT2D eigenvalue weighted by atomic mass is 10.1. The number of nitrogens with one attached hydrogen (secondary N) is 1. The van der Waals surface area contributed by atoms with E-state index in [9.17, 15) is 18.0 Å². The average Bonchev–Trinajstić information content (AvgIpc) is 2.72. The molecule has 0 aliphatic heterocycles. The van der Waals surface area contributed by atoms with Gasteiger partial charge in [-0.15, -0.1) is 0 Å². The number of halogens is 3. The summed E-state index contributed by atoms with van der Waals surface area (Å²) in [5, 5.41) is 2.48. The van der Waals surface area contributed by atoms with Crippen LogP contribution in [0.25, 0.3) is 0 Å². The van der Waals surface area contributed by atoms with E-state index in [0.717, 1.165) is 7.11 Å². The van der Waals surface area contributed by atoms with Crippen LogP contribution in [0.15, 0.2) is 16.5 Å². The van der Waals surface area contributed by atoms with Gasteiger partial charge in [0.2, 0.25) is 5.76 Å². The molecule has 0 aliphatic carbocycles. The molecule has 4 nitrogen and oxygen atoms in total. The lowest BCUT2D eigenvalue weighted by Crippen LogP contribution is -2.23. The van der Waals surface area contributed by atoms with Gasteiger partial charge in [0.1, 0.15) is 5.76 Å². The van der Waals surface area contributed by atoms with Gasteiger partial charge < -0.3 is 14.5 Å². The molecule has 96 valence electrons. The normalized spacial score (nSPS) is 13.5. The van der Waals surface area contributed by atoms with E-state index < -0.39 is 24.6 Å². The molecule has 0 bridgehead atoms. The van der Waals surface area contributed by atoms with Gasteiger partial charge in [-0.2, -0.15) is 13.2 Å². The monoisotopic (exact) mass is 251 g/mol. The van der Waals surface area contributed by atoms with Crippen LogP contribution in [-0.2, 0) is 4.74 Å². The summed E-state index contributed by atoms with van der Waals surface area (Å²) < 4.78 is 46.1. The molecule has 1 N–H and O–H groups in total. The van der Waals surface area contributed by atoms with Gasteiger partial charge in [0.15, 0.2) is 0 Å². The van der Waals surface area contributed by atoms with Crippen molar-refractivity contribution >= 4 is 5.97 Å². The maximum absolute atomic E-state index is 12.2. The molecule has 0 fully saturated rings. The van der Waals surface area contributed by atoms with Crippen LogP contribution in [0, 0.1) is 0 Å². The summed E-state index contributed by atoms with van der Waals surface area (Å²) in [7, 11) is 2.55. The number of carbonyl (C=O) groups excluding carboxylic acids is 1. The second-order valence-corrected chi connectivity index (χ2v) is 3.35. The van der Waals surface area contributed by atoms with Crippen LogP contribution < -0.4 is 5.32 Å². The maximum Gasteiger partial charge on any atom is 0.391 e. The Labute approximate surface area is 95.7 Å². The number of hydrogen-bond donors (Lipinski definition) is 1. The lowest BCUT2D eigenvalue weighted by Gasteiger charge is -2.15. The van der Waals surface area contributed by atoms with Gasteiger partial charge in [-0.25, -0.2) is 4.79 Å². The lowest BCUT2D eigenvalue weighted by molar-refractivity contribution is -0.141. The molecule has 1 rings (SSSR count). The first kappa shape index (κ1) is 13.6. The van der Waals surface area contributed by atoms with Crippen molar-refractivity contribution in [1.82, 2.24) is 5.32 Å². The van der Waals surface area contributed by atoms with E-state index in [1.165, 1.54) is 19.2 Å². The largest absolute Gasteiger partial charge is 0.463 e. The topological polar surface area (TPSA) is 51.5 Å². The van der Waals surface area contributed by atoms with E-state index in [1.54, 1.807) is 0 Å². The van der Waals surface area contributed by atoms with Crippen LogP contribution in [0.3, 0.4) is 0 Å². The van der Waals surface area contributed by atoms with Crippen molar-refractivity contribution in [3.05, 3.63) is 23.7 Å². The van der Waals surface area contributed by atoms with E-state index in [2.05, 4.69) is 10.1 Å². The Bertz CT molecular complexity index is 386. The number of carbonyl (C=O) groups is 1. The van der Waals surface area contributed by atoms with Gasteiger partial charge >= 0.3 is 12.1 Å². The maximum atomic E-state index is 12.2. The van der Waals surface area contributed by atoms with E-state index in [4.69, 9.17) is 4.42 Å². The molecule has 1 aromatic rings. The predicted molar refractivity (Wildman–Crippen MR) is 52.5 cm³/mol. The van der Waals surface area contributed by atoms with Crippen molar-refractivity contribution in [2.24, 2.45) is 0 Å². The van der Waals surface area contributed by atoms with Crippen LogP contribution >= 0.6 is 0 Å². The summed E-state index contributed by atoms with van der Waals surface area (Å²) in [6.07, 6.45) is -5.39. The minimum atomic E-state index is -4.31. The zero-order valence-corrected chi connectivity index (χ0v) is 9.30. The Morgan fingerprint density at radius 3 is 2.65 bits per heavy atom. The molecular weight excluding hydrogens is 239 g/mol. The van der Waals surface area contributed by atoms with E-state index in [1.807, 2.05) is 0 Å². The molecule has 0 radical (unpaired) electrons. The van der Waals surface area contributed by atoms with Gasteiger partial charge in [-0.05, 0) is 19.2 Å². The number of esters is 1. The average molecular weight is 251 g/mol. The van der Waals surface area contributed by atoms with Crippen LogP contribution in [0.4, 0.5) is 13.2 Å². The first-order valence-corrected chi connectivity index (χ1v) is 4.79. The van der Waals surface area contributed by atoms with Gasteiger partial charge in [-0.3, -0.25) is 0 Å². The Morgan fingerprint density at radius 1 is 1.53 bits per heavy atom. The molecule has 0 spiro atoms. The molecule has 0 saturated heterocycles. The minimum absolute atomic E-state index is 0.0465. The highest BCUT2D eigenvalue weighted by Gasteiger charge is 2.33. The third kappa shape index (κ3) is 3.77. The third-order valence-corrected chi connectivity index (χ3v) is 2.14. The first-order valence-electron chi connectivity index (χ1n) is 4.79. The molecule has 1 aromatic heterocycles. The van der Waals surface area contributed by atoms with E-state index >= 15 is 0 Å². The van der Waals surface area contributed by atoms with Crippen LogP contribution in [0.2, 0.25) is 0 Å². The van der Waals surface area contributed by atoms with Crippen molar-refractivity contribution in [1.29, 1.82) is 0 Å². The van der Waals surface area contributed by atoms with Gasteiger partial charge in [0.25, 0.3) is 0 Å². The molecule has 0 amide bonds. The molecule has 1 heterocycles. The summed E-state index contributed by atoms with van der Waals surface area (Å²) in [6.45, 7) is 0. The zero-order valence-electron chi connectivity index (χ0n) is 9.30. The molecule has 0 aliphatic rings. The second-order valence-electron chi connectivity index (χ2n) is 3.35. The Kier molecular flexibility index (Phi) is 4.17. The fourth-order valence-corrected chi connectivity index (χ4v) is 1.33. The van der Waals surface area contributed by atoms with Crippen molar-refractivity contribution in [3.63, 3.8) is 0 Å². The zero-order chi connectivity index (χ0) is 13.1. The molecule has 0 saturated carbocycles. The van der Waals surface area contributed by atoms with Crippen LogP contribution in [-0.4, -0.2) is 26.3 Å². The Morgan fingerprint density at radius 2 is 2.18 bits per heavy atom. The smallest absolute Gasteiger partial charge is 0.391 e. The molecule has 0 aromatic carbocycles. The minimum Gasteiger partial charge on any atom is -0.463 e. The summed E-state index contributed by atoms with van der Waals surface area (Å²) >= 11 is 0. The molecule has 17 heavy (non-hydrogen) atoms. The number of hydrogen-bond acceptors (Lipinski definition) is 4. The third-order valence-electron chi connectivity index (χ3n) is 2.14. The van der Waals surface area contributed by atoms with Crippen molar-refractivity contribution in [2.45, 2.75) is 18.6 Å². The first-order chi connectivity index (χ1) is 7.87. The van der Waals surface area contributed by atoms with Gasteiger partial charge in [0.05, 0.1) is 19.6 Å². The predicted octanol–water partition coefficient (Wildman–Crippen LogP) is 2.28. The summed E-state index contributed by atoms with van der Waals surface area (Å²) in [6, 6.07) is 1.58. The van der Waals surface area contributed by atoms with E-state index in [-0.39, 0.29) is 11.5 Å². The highest BCUT2D eigenvalue weighted by molar-refractivity contribution is 5.86. The number of methoxy groups -OCH3 is 1. The van der Waals surface area contributed by atoms with Crippen molar-refractivity contribution < 1.29 is 27.1 Å². The van der Waals surface area contributed by atoms with Crippen LogP contribution in [0.5, 0.6) is 0 Å². The van der Waals surface area contributed by atoms with Crippen LogP contribution in [0.1, 0.15) is 28.8 Å². The highest BCUT2D eigenvalue weighted by Crippen LogP contribution is 2.30. The molecule has 7 heteroatoms. The summed E-state index contributed by atoms with van der Waals surface area (Å²) in [5.74, 6) is -0.798. The van der Waals surface area contributed by atoms with Crippen molar-refractivity contribution in [2.75, 3.05) is 14.2 Å². The molecule has 1 unspecified atom stereocenters. The SMILES string of the molecule is CNC(CC(F)(F)F)c1ccc(C(=O)OC)o1. The standard InChI is InChI=1S/C10H12F3NO3/c1-14-6(5-10(11,12)13)7-3-4-8(17-7)9(15)16-2/h3-4,6,14H,5H2,1-2H3. The van der Waals surface area contributed by atoms with Gasteiger partial charge in [-0.1, -0.05) is 0 Å². The number of furan rings is 1. The van der Waals surface area contributed by atoms with E-state index in [0.29, 0.717) is 0 Å².